The smallest absolute Gasteiger partial charge is 0.223 e. The molecule has 7 heteroatoms. The summed E-state index contributed by atoms with van der Waals surface area (Å²) in [6.07, 6.45) is 2.89. The van der Waals surface area contributed by atoms with E-state index in [-0.39, 0.29) is 18.6 Å². The van der Waals surface area contributed by atoms with Gasteiger partial charge in [-0.25, -0.2) is 0 Å². The molecule has 1 saturated heterocycles. The third kappa shape index (κ3) is 4.30. The molecule has 7 nitrogen and oxygen atoms in total. The van der Waals surface area contributed by atoms with Crippen molar-refractivity contribution in [1.29, 1.82) is 0 Å². The normalized spacial score (nSPS) is 16.9. The van der Waals surface area contributed by atoms with Gasteiger partial charge in [0.2, 0.25) is 5.95 Å². The first kappa shape index (κ1) is 17.3. The van der Waals surface area contributed by atoms with Crippen molar-refractivity contribution in [3.63, 3.8) is 0 Å². The summed E-state index contributed by atoms with van der Waals surface area (Å²) in [5, 5.41) is 12.8. The number of aliphatic hydroxyl groups excluding tert-OH is 1. The standard InChI is InChI=1S/C18H25N5O2/c1-25-15-6-4-13(5-7-15)8-9-20-16-11-17(22-18(19)21-16)23-10-2-3-14(23)12-24/h4-7,11,14,24H,2-3,8-10,12H2,1H3,(H3,19,20,21,22). The number of rotatable bonds is 7. The highest BCUT2D eigenvalue weighted by Crippen LogP contribution is 2.25. The summed E-state index contributed by atoms with van der Waals surface area (Å²) in [6.45, 7) is 1.75. The molecule has 1 fully saturated rings. The monoisotopic (exact) mass is 343 g/mol. The molecule has 0 spiro atoms. The van der Waals surface area contributed by atoms with Gasteiger partial charge in [0.15, 0.2) is 0 Å². The Labute approximate surface area is 147 Å². The maximum Gasteiger partial charge on any atom is 0.223 e. The lowest BCUT2D eigenvalue weighted by atomic mass is 10.1. The fourth-order valence-corrected chi connectivity index (χ4v) is 3.14. The van der Waals surface area contributed by atoms with Crippen molar-refractivity contribution in [2.24, 2.45) is 0 Å². The minimum atomic E-state index is 0.112. The van der Waals surface area contributed by atoms with Gasteiger partial charge in [-0.15, -0.1) is 0 Å². The number of aromatic nitrogens is 2. The van der Waals surface area contributed by atoms with Crippen LogP contribution < -0.4 is 20.7 Å². The Bertz CT molecular complexity index is 692. The number of nitrogens with one attached hydrogen (secondary N) is 1. The van der Waals surface area contributed by atoms with E-state index >= 15 is 0 Å². The molecule has 0 saturated carbocycles. The summed E-state index contributed by atoms with van der Waals surface area (Å²) in [5.41, 5.74) is 7.08. The van der Waals surface area contributed by atoms with Crippen LogP contribution in [-0.4, -0.2) is 47.9 Å². The quantitative estimate of drug-likeness (QED) is 0.704. The predicted octanol–water partition coefficient (Wildman–Crippen LogP) is 1.68. The number of anilines is 3. The molecule has 3 rings (SSSR count). The highest BCUT2D eigenvalue weighted by Gasteiger charge is 2.25. The Morgan fingerprint density at radius 1 is 1.32 bits per heavy atom. The molecule has 2 heterocycles. The molecule has 0 aliphatic carbocycles. The van der Waals surface area contributed by atoms with Crippen molar-refractivity contribution in [2.45, 2.75) is 25.3 Å². The van der Waals surface area contributed by atoms with Gasteiger partial charge in [-0.1, -0.05) is 12.1 Å². The predicted molar refractivity (Wildman–Crippen MR) is 99.1 cm³/mol. The SMILES string of the molecule is COc1ccc(CCNc2cc(N3CCCC3CO)nc(N)n2)cc1. The van der Waals surface area contributed by atoms with Crippen molar-refractivity contribution in [3.05, 3.63) is 35.9 Å². The molecule has 0 amide bonds. The van der Waals surface area contributed by atoms with Crippen LogP contribution in [0, 0.1) is 0 Å². The van der Waals surface area contributed by atoms with Crippen LogP contribution in [0.1, 0.15) is 18.4 Å². The van der Waals surface area contributed by atoms with Crippen molar-refractivity contribution >= 4 is 17.6 Å². The van der Waals surface area contributed by atoms with Gasteiger partial charge in [-0.2, -0.15) is 9.97 Å². The summed E-state index contributed by atoms with van der Waals surface area (Å²) < 4.78 is 5.17. The Kier molecular flexibility index (Phi) is 5.55. The topological polar surface area (TPSA) is 96.5 Å². The molecule has 1 aliphatic heterocycles. The van der Waals surface area contributed by atoms with Gasteiger partial charge in [0, 0.05) is 19.2 Å². The van der Waals surface area contributed by atoms with Gasteiger partial charge in [-0.05, 0) is 37.0 Å². The van der Waals surface area contributed by atoms with E-state index in [0.717, 1.165) is 43.9 Å². The van der Waals surface area contributed by atoms with E-state index in [1.165, 1.54) is 5.56 Å². The number of hydrogen-bond donors (Lipinski definition) is 3. The molecular weight excluding hydrogens is 318 g/mol. The maximum absolute atomic E-state index is 9.50. The Balaban J connectivity index is 1.62. The van der Waals surface area contributed by atoms with E-state index < -0.39 is 0 Å². The largest absolute Gasteiger partial charge is 0.497 e. The molecule has 1 aromatic carbocycles. The fourth-order valence-electron chi connectivity index (χ4n) is 3.14. The second-order valence-corrected chi connectivity index (χ2v) is 6.17. The first-order chi connectivity index (χ1) is 12.2. The number of nitrogens with zero attached hydrogens (tertiary/aromatic N) is 3. The lowest BCUT2D eigenvalue weighted by Crippen LogP contribution is -2.33. The molecule has 25 heavy (non-hydrogen) atoms. The molecule has 1 atom stereocenters. The van der Waals surface area contributed by atoms with E-state index in [0.29, 0.717) is 5.82 Å². The average Bonchev–Trinajstić information content (AvgIpc) is 3.11. The van der Waals surface area contributed by atoms with Crippen LogP contribution in [0.15, 0.2) is 30.3 Å². The molecule has 1 aliphatic rings. The first-order valence-corrected chi connectivity index (χ1v) is 8.58. The van der Waals surface area contributed by atoms with Gasteiger partial charge >= 0.3 is 0 Å². The number of ether oxygens (including phenoxy) is 1. The summed E-state index contributed by atoms with van der Waals surface area (Å²) in [4.78, 5) is 10.7. The second kappa shape index (κ2) is 8.02. The van der Waals surface area contributed by atoms with Crippen molar-refractivity contribution in [2.75, 3.05) is 42.8 Å². The van der Waals surface area contributed by atoms with Crippen molar-refractivity contribution in [1.82, 2.24) is 9.97 Å². The molecule has 2 aromatic rings. The number of methoxy groups -OCH3 is 1. The van der Waals surface area contributed by atoms with E-state index in [4.69, 9.17) is 10.5 Å². The average molecular weight is 343 g/mol. The first-order valence-electron chi connectivity index (χ1n) is 8.58. The molecule has 1 unspecified atom stereocenters. The maximum atomic E-state index is 9.50. The number of aliphatic hydroxyl groups is 1. The van der Waals surface area contributed by atoms with Crippen LogP contribution in [0.3, 0.4) is 0 Å². The highest BCUT2D eigenvalue weighted by atomic mass is 16.5. The van der Waals surface area contributed by atoms with E-state index in [2.05, 4.69) is 32.3 Å². The molecule has 0 bridgehead atoms. The summed E-state index contributed by atoms with van der Waals surface area (Å²) in [7, 11) is 1.66. The lowest BCUT2D eigenvalue weighted by molar-refractivity contribution is 0.266. The van der Waals surface area contributed by atoms with Gasteiger partial charge in [0.05, 0.1) is 19.8 Å². The van der Waals surface area contributed by atoms with E-state index in [1.54, 1.807) is 7.11 Å². The zero-order chi connectivity index (χ0) is 17.6. The van der Waals surface area contributed by atoms with Gasteiger partial charge in [0.1, 0.15) is 17.4 Å². The van der Waals surface area contributed by atoms with Crippen LogP contribution in [0.4, 0.5) is 17.6 Å². The zero-order valence-corrected chi connectivity index (χ0v) is 14.5. The third-order valence-electron chi connectivity index (χ3n) is 4.49. The Morgan fingerprint density at radius 3 is 2.84 bits per heavy atom. The molecule has 1 aromatic heterocycles. The number of nitrogens with two attached hydrogens (primary N) is 1. The summed E-state index contributed by atoms with van der Waals surface area (Å²) >= 11 is 0. The fraction of sp³-hybridized carbons (Fsp3) is 0.444. The number of benzene rings is 1. The Hall–Kier alpha value is -2.54. The summed E-state index contributed by atoms with van der Waals surface area (Å²) in [5.74, 6) is 2.58. The molecular formula is C18H25N5O2. The van der Waals surface area contributed by atoms with Crippen LogP contribution >= 0.6 is 0 Å². The third-order valence-corrected chi connectivity index (χ3v) is 4.49. The number of hydrogen-bond acceptors (Lipinski definition) is 7. The number of nitrogen functional groups attached to an aromatic ring is 1. The minimum absolute atomic E-state index is 0.112. The van der Waals surface area contributed by atoms with Gasteiger partial charge in [0.25, 0.3) is 0 Å². The zero-order valence-electron chi connectivity index (χ0n) is 14.5. The van der Waals surface area contributed by atoms with Crippen LogP contribution in [0.25, 0.3) is 0 Å². The van der Waals surface area contributed by atoms with Gasteiger partial charge < -0.3 is 25.8 Å². The molecule has 0 radical (unpaired) electrons. The van der Waals surface area contributed by atoms with Crippen molar-refractivity contribution < 1.29 is 9.84 Å². The lowest BCUT2D eigenvalue weighted by Gasteiger charge is -2.24. The minimum Gasteiger partial charge on any atom is -0.497 e. The van der Waals surface area contributed by atoms with Crippen molar-refractivity contribution in [3.8, 4) is 5.75 Å². The highest BCUT2D eigenvalue weighted by molar-refractivity contribution is 5.53. The Morgan fingerprint density at radius 2 is 2.12 bits per heavy atom. The van der Waals surface area contributed by atoms with Crippen LogP contribution in [0.2, 0.25) is 0 Å². The van der Waals surface area contributed by atoms with Gasteiger partial charge in [-0.3, -0.25) is 0 Å². The van der Waals surface area contributed by atoms with Crippen LogP contribution in [0.5, 0.6) is 5.75 Å². The second-order valence-electron chi connectivity index (χ2n) is 6.17. The van der Waals surface area contributed by atoms with Crippen LogP contribution in [-0.2, 0) is 6.42 Å². The van der Waals surface area contributed by atoms with E-state index in [1.807, 2.05) is 18.2 Å². The molecule has 4 N–H and O–H groups in total. The molecule has 134 valence electrons. The van der Waals surface area contributed by atoms with E-state index in [9.17, 15) is 5.11 Å². The summed E-state index contributed by atoms with van der Waals surface area (Å²) in [6, 6.07) is 10.0.